The molecule has 98 valence electrons. The highest BCUT2D eigenvalue weighted by molar-refractivity contribution is 7.10. The molecule has 1 atom stereocenters. The number of anilines is 1. The van der Waals surface area contributed by atoms with Gasteiger partial charge in [0, 0.05) is 11.3 Å². The van der Waals surface area contributed by atoms with Gasteiger partial charge >= 0.3 is 5.97 Å². The van der Waals surface area contributed by atoms with Crippen molar-refractivity contribution in [3.63, 3.8) is 0 Å². The van der Waals surface area contributed by atoms with Crippen LogP contribution in [0.2, 0.25) is 0 Å². The Morgan fingerprint density at radius 1 is 1.61 bits per heavy atom. The SMILES string of the molecule is CCOC(=O)C(F)N1C(=O)CCCc2sccc21. The first-order chi connectivity index (χ1) is 8.65. The molecular weight excluding hydrogens is 257 g/mol. The van der Waals surface area contributed by atoms with Crippen molar-refractivity contribution in [3.8, 4) is 0 Å². The van der Waals surface area contributed by atoms with Crippen LogP contribution in [0.15, 0.2) is 11.4 Å². The zero-order chi connectivity index (χ0) is 13.1. The molecule has 1 aliphatic heterocycles. The number of aryl methyl sites for hydroxylation is 1. The maximum atomic E-state index is 14.1. The van der Waals surface area contributed by atoms with Gasteiger partial charge < -0.3 is 4.74 Å². The summed E-state index contributed by atoms with van der Waals surface area (Å²) in [5, 5.41) is 1.80. The molecule has 0 saturated carbocycles. The molecular formula is C12H14FNO3S. The van der Waals surface area contributed by atoms with Gasteiger partial charge in [0.15, 0.2) is 0 Å². The zero-order valence-electron chi connectivity index (χ0n) is 10.0. The van der Waals surface area contributed by atoms with Crippen molar-refractivity contribution in [2.45, 2.75) is 32.5 Å². The van der Waals surface area contributed by atoms with Crippen LogP contribution in [-0.2, 0) is 20.7 Å². The summed E-state index contributed by atoms with van der Waals surface area (Å²) in [7, 11) is 0. The van der Waals surface area contributed by atoms with Gasteiger partial charge in [-0.05, 0) is 31.2 Å². The average Bonchev–Trinajstić information content (AvgIpc) is 2.72. The Morgan fingerprint density at radius 3 is 3.11 bits per heavy atom. The topological polar surface area (TPSA) is 46.6 Å². The molecule has 0 aliphatic carbocycles. The molecule has 1 aliphatic rings. The van der Waals surface area contributed by atoms with Gasteiger partial charge in [-0.25, -0.2) is 9.18 Å². The van der Waals surface area contributed by atoms with Crippen molar-refractivity contribution in [2.75, 3.05) is 11.5 Å². The summed E-state index contributed by atoms with van der Waals surface area (Å²) in [6.07, 6.45) is -0.381. The third kappa shape index (κ3) is 2.38. The van der Waals surface area contributed by atoms with Crippen LogP contribution < -0.4 is 4.90 Å². The van der Waals surface area contributed by atoms with Crippen molar-refractivity contribution in [1.29, 1.82) is 0 Å². The van der Waals surface area contributed by atoms with Crippen LogP contribution in [0.25, 0.3) is 0 Å². The van der Waals surface area contributed by atoms with Gasteiger partial charge in [-0.15, -0.1) is 11.3 Å². The summed E-state index contributed by atoms with van der Waals surface area (Å²) in [5.74, 6) is -1.38. The minimum absolute atomic E-state index is 0.0950. The maximum Gasteiger partial charge on any atom is 0.362 e. The van der Waals surface area contributed by atoms with Crippen molar-refractivity contribution in [3.05, 3.63) is 16.3 Å². The Labute approximate surface area is 108 Å². The van der Waals surface area contributed by atoms with Crippen LogP contribution in [0, 0.1) is 0 Å². The molecule has 0 spiro atoms. The summed E-state index contributed by atoms with van der Waals surface area (Å²) in [6.45, 7) is 1.70. The minimum Gasteiger partial charge on any atom is -0.462 e. The van der Waals surface area contributed by atoms with Crippen LogP contribution in [0.1, 0.15) is 24.6 Å². The third-order valence-corrected chi connectivity index (χ3v) is 3.72. The summed E-state index contributed by atoms with van der Waals surface area (Å²) < 4.78 is 18.7. The summed E-state index contributed by atoms with van der Waals surface area (Å²) >= 11 is 1.47. The number of nitrogens with zero attached hydrogens (tertiary/aromatic N) is 1. The second-order valence-corrected chi connectivity index (χ2v) is 4.93. The number of rotatable bonds is 3. The molecule has 4 nitrogen and oxygen atoms in total. The van der Waals surface area contributed by atoms with Crippen LogP contribution in [0.4, 0.5) is 10.1 Å². The molecule has 0 saturated heterocycles. The fourth-order valence-electron chi connectivity index (χ4n) is 1.96. The lowest BCUT2D eigenvalue weighted by atomic mass is 10.2. The van der Waals surface area contributed by atoms with Gasteiger partial charge in [0.25, 0.3) is 6.30 Å². The number of carbonyl (C=O) groups is 2. The normalized spacial score (nSPS) is 17.0. The number of esters is 1. The van der Waals surface area contributed by atoms with E-state index >= 15 is 0 Å². The van der Waals surface area contributed by atoms with Crippen molar-refractivity contribution < 1.29 is 18.7 Å². The number of thiophene rings is 1. The summed E-state index contributed by atoms with van der Waals surface area (Å²) in [4.78, 5) is 25.2. The first-order valence-corrected chi connectivity index (χ1v) is 6.72. The Balaban J connectivity index is 2.29. The van der Waals surface area contributed by atoms with Crippen LogP contribution in [-0.4, -0.2) is 24.8 Å². The second kappa shape index (κ2) is 5.48. The predicted octanol–water partition coefficient (Wildman–Crippen LogP) is 2.28. The minimum atomic E-state index is -2.05. The van der Waals surface area contributed by atoms with Crippen LogP contribution >= 0.6 is 11.3 Å². The highest BCUT2D eigenvalue weighted by atomic mass is 32.1. The molecule has 18 heavy (non-hydrogen) atoms. The molecule has 1 aromatic rings. The molecule has 0 N–H and O–H groups in total. The predicted molar refractivity (Wildman–Crippen MR) is 66.3 cm³/mol. The van der Waals surface area contributed by atoms with E-state index in [0.717, 1.165) is 16.2 Å². The van der Waals surface area contributed by atoms with Crippen LogP contribution in [0.3, 0.4) is 0 Å². The quantitative estimate of drug-likeness (QED) is 0.626. The van der Waals surface area contributed by atoms with Gasteiger partial charge in [0.05, 0.1) is 12.3 Å². The van der Waals surface area contributed by atoms with E-state index in [1.165, 1.54) is 11.3 Å². The molecule has 0 fully saturated rings. The number of hydrogen-bond donors (Lipinski definition) is 0. The number of carbonyl (C=O) groups excluding carboxylic acids is 2. The number of halogens is 1. The fraction of sp³-hybridized carbons (Fsp3) is 0.500. The Hall–Kier alpha value is -1.43. The van der Waals surface area contributed by atoms with Gasteiger partial charge in [-0.3, -0.25) is 9.69 Å². The van der Waals surface area contributed by atoms with Gasteiger partial charge in [0.2, 0.25) is 5.91 Å². The molecule has 1 unspecified atom stereocenters. The number of fused-ring (bicyclic) bond motifs is 1. The molecule has 0 radical (unpaired) electrons. The Morgan fingerprint density at radius 2 is 2.39 bits per heavy atom. The molecule has 0 aromatic carbocycles. The molecule has 1 amide bonds. The van der Waals surface area contributed by atoms with E-state index in [2.05, 4.69) is 4.74 Å². The van der Waals surface area contributed by atoms with E-state index in [-0.39, 0.29) is 18.9 Å². The van der Waals surface area contributed by atoms with E-state index in [1.807, 2.05) is 0 Å². The van der Waals surface area contributed by atoms with Crippen molar-refractivity contribution >= 4 is 28.9 Å². The lowest BCUT2D eigenvalue weighted by Crippen LogP contribution is -2.43. The zero-order valence-corrected chi connectivity index (χ0v) is 10.8. The maximum absolute atomic E-state index is 14.1. The van der Waals surface area contributed by atoms with E-state index in [9.17, 15) is 14.0 Å². The monoisotopic (exact) mass is 271 g/mol. The molecule has 1 aromatic heterocycles. The Kier molecular flexibility index (Phi) is 3.96. The molecule has 2 heterocycles. The highest BCUT2D eigenvalue weighted by Gasteiger charge is 2.34. The fourth-order valence-corrected chi connectivity index (χ4v) is 2.87. The number of amides is 1. The second-order valence-electron chi connectivity index (χ2n) is 3.93. The molecule has 6 heteroatoms. The largest absolute Gasteiger partial charge is 0.462 e. The van der Waals surface area contributed by atoms with Gasteiger partial charge in [0.1, 0.15) is 0 Å². The van der Waals surface area contributed by atoms with Crippen LogP contribution in [0.5, 0.6) is 0 Å². The highest BCUT2D eigenvalue weighted by Crippen LogP contribution is 2.33. The smallest absolute Gasteiger partial charge is 0.362 e. The van der Waals surface area contributed by atoms with E-state index in [0.29, 0.717) is 12.1 Å². The van der Waals surface area contributed by atoms with Crippen molar-refractivity contribution in [2.24, 2.45) is 0 Å². The van der Waals surface area contributed by atoms with Crippen molar-refractivity contribution in [1.82, 2.24) is 0 Å². The molecule has 0 bridgehead atoms. The van der Waals surface area contributed by atoms with Gasteiger partial charge in [-0.2, -0.15) is 0 Å². The first-order valence-electron chi connectivity index (χ1n) is 5.84. The Bertz CT molecular complexity index is 460. The first kappa shape index (κ1) is 13.0. The van der Waals surface area contributed by atoms with Gasteiger partial charge in [-0.1, -0.05) is 0 Å². The number of ether oxygens (including phenoxy) is 1. The molecule has 2 rings (SSSR count). The third-order valence-electron chi connectivity index (χ3n) is 2.75. The summed E-state index contributed by atoms with van der Waals surface area (Å²) in [6, 6.07) is 1.68. The lowest BCUT2D eigenvalue weighted by molar-refractivity contribution is -0.150. The average molecular weight is 271 g/mol. The lowest BCUT2D eigenvalue weighted by Gasteiger charge is -2.23. The van der Waals surface area contributed by atoms with E-state index < -0.39 is 12.3 Å². The number of alkyl halides is 1. The standard InChI is InChI=1S/C12H14FNO3S/c1-2-17-12(16)11(13)14-8-6-7-18-9(8)4-3-5-10(14)15/h6-7,11H,2-5H2,1H3. The van der Waals surface area contributed by atoms with E-state index in [1.54, 1.807) is 18.4 Å². The number of hydrogen-bond acceptors (Lipinski definition) is 4. The summed E-state index contributed by atoms with van der Waals surface area (Å²) in [5.41, 5.74) is 0.503. The van der Waals surface area contributed by atoms with E-state index in [4.69, 9.17) is 0 Å².